The predicted molar refractivity (Wildman–Crippen MR) is 122 cm³/mol. The van der Waals surface area contributed by atoms with Crippen molar-refractivity contribution in [1.82, 2.24) is 14.7 Å². The second-order valence-corrected chi connectivity index (χ2v) is 8.73. The van der Waals surface area contributed by atoms with Crippen LogP contribution in [0.4, 0.5) is 0 Å². The van der Waals surface area contributed by atoms with Crippen LogP contribution in [-0.2, 0) is 10.0 Å². The van der Waals surface area contributed by atoms with Crippen LogP contribution >= 0.6 is 0 Å². The van der Waals surface area contributed by atoms with Gasteiger partial charge in [0.05, 0.1) is 15.9 Å². The van der Waals surface area contributed by atoms with Gasteiger partial charge in [-0.3, -0.25) is 4.79 Å². The number of hydrogen-bond donors (Lipinski definition) is 3. The molecule has 1 amide bonds. The summed E-state index contributed by atoms with van der Waals surface area (Å²) >= 11 is 0. The fraction of sp³-hybridized carbons (Fsp3) is 0.0435. The lowest BCUT2D eigenvalue weighted by atomic mass is 10.1. The minimum absolute atomic E-state index is 0.218. The van der Waals surface area contributed by atoms with Gasteiger partial charge in [-0.2, -0.15) is 0 Å². The first-order valence-electron chi connectivity index (χ1n) is 9.48. The molecule has 1 heterocycles. The van der Waals surface area contributed by atoms with E-state index >= 15 is 0 Å². The molecule has 0 aliphatic rings. The van der Waals surface area contributed by atoms with Gasteiger partial charge in [-0.05, 0) is 54.6 Å². The van der Waals surface area contributed by atoms with Gasteiger partial charge < -0.3 is 10.7 Å². The number of amides is 1. The molecule has 8 heteroatoms. The Labute approximate surface area is 179 Å². The lowest BCUT2D eigenvalue weighted by molar-refractivity contribution is 0.100. The number of rotatable bonds is 6. The Morgan fingerprint density at radius 1 is 1.03 bits per heavy atom. The molecule has 0 saturated carbocycles. The van der Waals surface area contributed by atoms with E-state index in [2.05, 4.69) is 14.7 Å². The topological polar surface area (TPSA) is 118 Å². The van der Waals surface area contributed by atoms with E-state index in [1.54, 1.807) is 48.5 Å². The molecular formula is C23H20N4O3S. The number of carbonyl (C=O) groups is 1. The zero-order valence-electron chi connectivity index (χ0n) is 16.7. The van der Waals surface area contributed by atoms with E-state index < -0.39 is 15.9 Å². The minimum Gasteiger partial charge on any atom is -0.366 e. The number of aromatic amines is 1. The molecule has 0 aliphatic carbocycles. The minimum atomic E-state index is -3.59. The summed E-state index contributed by atoms with van der Waals surface area (Å²) in [5.74, 6) is 0.190. The Kier molecular flexibility index (Phi) is 5.41. The smallest absolute Gasteiger partial charge is 0.248 e. The number of carbonyl (C=O) groups excluding carboxylic acids is 1. The number of aromatic nitrogens is 2. The van der Waals surface area contributed by atoms with Crippen LogP contribution in [0.1, 0.15) is 21.7 Å². The normalized spacial score (nSPS) is 11.9. The Bertz CT molecular complexity index is 1400. The molecule has 0 saturated heterocycles. The number of nitrogens with one attached hydrogen (secondary N) is 2. The molecule has 156 valence electrons. The van der Waals surface area contributed by atoms with Crippen molar-refractivity contribution in [2.24, 2.45) is 5.73 Å². The summed E-state index contributed by atoms with van der Waals surface area (Å²) in [4.78, 5) is 19.2. The Morgan fingerprint density at radius 3 is 2.48 bits per heavy atom. The average molecular weight is 433 g/mol. The van der Waals surface area contributed by atoms with E-state index in [4.69, 9.17) is 5.73 Å². The molecule has 0 radical (unpaired) electrons. The number of nitrogens with two attached hydrogens (primary N) is 1. The predicted octanol–water partition coefficient (Wildman–Crippen LogP) is 3.41. The maximum Gasteiger partial charge on any atom is 0.248 e. The first kappa shape index (κ1) is 20.5. The Hall–Kier alpha value is -3.75. The van der Waals surface area contributed by atoms with Crippen LogP contribution in [0.15, 0.2) is 71.6 Å². The molecular weight excluding hydrogens is 412 g/mol. The highest BCUT2D eigenvalue weighted by atomic mass is 32.2. The molecule has 4 N–H and O–H groups in total. The van der Waals surface area contributed by atoms with Crippen molar-refractivity contribution < 1.29 is 13.2 Å². The Balaban J connectivity index is 1.66. The number of hydrogen-bond acceptors (Lipinski definition) is 4. The maximum absolute atomic E-state index is 12.4. The number of fused-ring (bicyclic) bond motifs is 1. The zero-order valence-corrected chi connectivity index (χ0v) is 17.5. The van der Waals surface area contributed by atoms with Crippen LogP contribution in [0.25, 0.3) is 34.3 Å². The Morgan fingerprint density at radius 2 is 1.77 bits per heavy atom. The van der Waals surface area contributed by atoms with E-state index in [1.165, 1.54) is 7.05 Å². The third-order valence-electron chi connectivity index (χ3n) is 4.89. The summed E-state index contributed by atoms with van der Waals surface area (Å²) in [6.45, 7) is 0. The van der Waals surface area contributed by atoms with Crippen LogP contribution in [0.5, 0.6) is 0 Å². The van der Waals surface area contributed by atoms with Gasteiger partial charge in [-0.15, -0.1) is 0 Å². The van der Waals surface area contributed by atoms with Gasteiger partial charge in [0, 0.05) is 11.1 Å². The highest BCUT2D eigenvalue weighted by Crippen LogP contribution is 2.29. The first-order valence-corrected chi connectivity index (χ1v) is 11.0. The van der Waals surface area contributed by atoms with Crippen LogP contribution in [0.2, 0.25) is 0 Å². The summed E-state index contributed by atoms with van der Waals surface area (Å²) in [5, 5.41) is 0. The number of benzene rings is 3. The number of H-pyrrole nitrogens is 1. The van der Waals surface area contributed by atoms with Crippen LogP contribution in [0.3, 0.4) is 0 Å². The molecule has 0 aliphatic heterocycles. The quantitative estimate of drug-likeness (QED) is 0.433. The van der Waals surface area contributed by atoms with E-state index in [9.17, 15) is 13.2 Å². The van der Waals surface area contributed by atoms with Crippen molar-refractivity contribution in [3.63, 3.8) is 0 Å². The monoisotopic (exact) mass is 432 g/mol. The molecule has 0 bridgehead atoms. The van der Waals surface area contributed by atoms with Crippen molar-refractivity contribution in [2.75, 3.05) is 7.05 Å². The molecule has 31 heavy (non-hydrogen) atoms. The van der Waals surface area contributed by atoms with Crippen molar-refractivity contribution in [1.29, 1.82) is 0 Å². The largest absolute Gasteiger partial charge is 0.366 e. The van der Waals surface area contributed by atoms with Gasteiger partial charge >= 0.3 is 0 Å². The van der Waals surface area contributed by atoms with E-state index in [-0.39, 0.29) is 4.90 Å². The zero-order chi connectivity index (χ0) is 22.0. The maximum atomic E-state index is 12.4. The highest BCUT2D eigenvalue weighted by Gasteiger charge is 2.17. The van der Waals surface area contributed by atoms with Gasteiger partial charge in [0.1, 0.15) is 5.82 Å². The van der Waals surface area contributed by atoms with Crippen LogP contribution in [-0.4, -0.2) is 31.3 Å². The van der Waals surface area contributed by atoms with Gasteiger partial charge in [0.15, 0.2) is 0 Å². The molecule has 7 nitrogen and oxygen atoms in total. The van der Waals surface area contributed by atoms with Crippen molar-refractivity contribution in [3.05, 3.63) is 83.7 Å². The molecule has 0 unspecified atom stereocenters. The summed E-state index contributed by atoms with van der Waals surface area (Å²) in [7, 11) is -2.20. The first-order chi connectivity index (χ1) is 14.9. The summed E-state index contributed by atoms with van der Waals surface area (Å²) < 4.78 is 27.1. The van der Waals surface area contributed by atoms with Crippen molar-refractivity contribution >= 4 is 39.1 Å². The van der Waals surface area contributed by atoms with Crippen molar-refractivity contribution in [2.45, 2.75) is 4.90 Å². The fourth-order valence-corrected chi connectivity index (χ4v) is 4.21. The van der Waals surface area contributed by atoms with E-state index in [1.807, 2.05) is 30.4 Å². The number of sulfonamides is 1. The molecule has 4 rings (SSSR count). The van der Waals surface area contributed by atoms with Crippen LogP contribution < -0.4 is 10.5 Å². The van der Waals surface area contributed by atoms with Gasteiger partial charge in [-0.1, -0.05) is 42.5 Å². The van der Waals surface area contributed by atoms with Gasteiger partial charge in [0.25, 0.3) is 0 Å². The highest BCUT2D eigenvalue weighted by molar-refractivity contribution is 7.89. The van der Waals surface area contributed by atoms with E-state index in [0.717, 1.165) is 22.2 Å². The number of imidazole rings is 1. The summed E-state index contributed by atoms with van der Waals surface area (Å²) in [5.41, 5.74) is 9.54. The number of nitrogens with zero attached hydrogens (tertiary/aromatic N) is 1. The van der Waals surface area contributed by atoms with Crippen LogP contribution in [0, 0.1) is 0 Å². The number of primary amides is 1. The molecule has 3 aromatic carbocycles. The second kappa shape index (κ2) is 8.17. The summed E-state index contributed by atoms with van der Waals surface area (Å²) in [6.07, 6.45) is 3.70. The van der Waals surface area contributed by atoms with E-state index in [0.29, 0.717) is 17.0 Å². The third kappa shape index (κ3) is 4.25. The van der Waals surface area contributed by atoms with Gasteiger partial charge in [-0.25, -0.2) is 18.1 Å². The lowest BCUT2D eigenvalue weighted by Gasteiger charge is -2.09. The molecule has 0 fully saturated rings. The molecule has 0 atom stereocenters. The second-order valence-electron chi connectivity index (χ2n) is 6.88. The average Bonchev–Trinajstić information content (AvgIpc) is 3.20. The molecule has 4 aromatic rings. The fourth-order valence-electron chi connectivity index (χ4n) is 3.26. The third-order valence-corrected chi connectivity index (χ3v) is 6.36. The summed E-state index contributed by atoms with van der Waals surface area (Å²) in [6, 6.07) is 19.4. The molecule has 1 aromatic heterocycles. The van der Waals surface area contributed by atoms with Crippen molar-refractivity contribution in [3.8, 4) is 11.1 Å². The standard InChI is InChI=1S/C23H20N4O3S/c1-25-31(29,30)21-5-3-2-4-18(21)17-11-12-19-20(14-17)27-22(26-19)13-8-15-6-9-16(10-7-15)23(24)28/h2-14,25H,1H3,(H2,24,28)(H,26,27). The molecule has 0 spiro atoms. The SMILES string of the molecule is CNS(=O)(=O)c1ccccc1-c1ccc2nc(C=Cc3ccc(C(N)=O)cc3)[nH]c2c1. The van der Waals surface area contributed by atoms with Gasteiger partial charge in [0.2, 0.25) is 15.9 Å². The lowest BCUT2D eigenvalue weighted by Crippen LogP contribution is -2.19.